The fourth-order valence-corrected chi connectivity index (χ4v) is 3.00. The van der Waals surface area contributed by atoms with E-state index in [1.807, 2.05) is 66.5 Å². The molecule has 1 fully saturated rings. The zero-order valence-corrected chi connectivity index (χ0v) is 14.1. The lowest BCUT2D eigenvalue weighted by atomic mass is 10.1. The molecule has 6 nitrogen and oxygen atoms in total. The van der Waals surface area contributed by atoms with Crippen LogP contribution in [0.1, 0.15) is 12.0 Å². The van der Waals surface area contributed by atoms with Crippen molar-refractivity contribution in [1.82, 2.24) is 4.90 Å². The molecule has 1 saturated heterocycles. The van der Waals surface area contributed by atoms with Gasteiger partial charge in [0.25, 0.3) is 0 Å². The molecular formula is C19H22N4O2. The van der Waals surface area contributed by atoms with Crippen LogP contribution < -0.4 is 15.9 Å². The third-order valence-electron chi connectivity index (χ3n) is 4.26. The lowest BCUT2D eigenvalue weighted by molar-refractivity contribution is -0.120. The van der Waals surface area contributed by atoms with Crippen LogP contribution in [0.15, 0.2) is 59.7 Å². The number of nitrogens with one attached hydrogen (secondary N) is 1. The van der Waals surface area contributed by atoms with Crippen molar-refractivity contribution in [3.63, 3.8) is 0 Å². The molecule has 25 heavy (non-hydrogen) atoms. The zero-order chi connectivity index (χ0) is 17.6. The van der Waals surface area contributed by atoms with Crippen molar-refractivity contribution in [2.24, 2.45) is 10.9 Å². The van der Waals surface area contributed by atoms with Crippen molar-refractivity contribution >= 4 is 17.8 Å². The van der Waals surface area contributed by atoms with E-state index in [0.29, 0.717) is 6.42 Å². The molecular weight excluding hydrogens is 316 g/mol. The topological polar surface area (TPSA) is 80.0 Å². The van der Waals surface area contributed by atoms with E-state index in [-0.39, 0.29) is 18.1 Å². The Labute approximate surface area is 147 Å². The first kappa shape index (κ1) is 17.0. The summed E-state index contributed by atoms with van der Waals surface area (Å²) >= 11 is 0. The number of likely N-dealkylation sites (tertiary alicyclic amines) is 1. The molecule has 1 heterocycles. The maximum Gasteiger partial charge on any atom is 0.241 e. The highest BCUT2D eigenvalue weighted by atomic mass is 16.5. The van der Waals surface area contributed by atoms with E-state index in [1.54, 1.807) is 6.21 Å². The molecule has 0 aromatic heterocycles. The van der Waals surface area contributed by atoms with Crippen LogP contribution in [-0.2, 0) is 4.79 Å². The summed E-state index contributed by atoms with van der Waals surface area (Å²) in [6.07, 6.45) is 2.23. The monoisotopic (exact) mass is 338 g/mol. The summed E-state index contributed by atoms with van der Waals surface area (Å²) in [5.74, 6) is 5.93. The lowest BCUT2D eigenvalue weighted by Crippen LogP contribution is -2.37. The van der Waals surface area contributed by atoms with Crippen molar-refractivity contribution in [1.29, 1.82) is 0 Å². The van der Waals surface area contributed by atoms with Crippen molar-refractivity contribution in [2.75, 3.05) is 18.9 Å². The minimum atomic E-state index is -0.209. The Balaban J connectivity index is 1.58. The number of anilines is 1. The molecule has 3 rings (SSSR count). The molecule has 0 spiro atoms. The van der Waals surface area contributed by atoms with Crippen LogP contribution in [0.3, 0.4) is 0 Å². The SMILES string of the molecule is CN1CC(Oc2ccccc2)C[C@H]1C(=O)Nc1ccc(C=NN)cc1. The van der Waals surface area contributed by atoms with Gasteiger partial charge in [0.05, 0.1) is 12.3 Å². The number of carbonyl (C=O) groups is 1. The summed E-state index contributed by atoms with van der Waals surface area (Å²) in [5, 5.41) is 6.44. The van der Waals surface area contributed by atoms with E-state index in [1.165, 1.54) is 0 Å². The summed E-state index contributed by atoms with van der Waals surface area (Å²) in [4.78, 5) is 14.6. The van der Waals surface area contributed by atoms with Crippen LogP contribution in [0.25, 0.3) is 0 Å². The Bertz CT molecular complexity index is 731. The molecule has 6 heteroatoms. The van der Waals surface area contributed by atoms with Crippen LogP contribution in [-0.4, -0.2) is 42.8 Å². The van der Waals surface area contributed by atoms with Crippen LogP contribution in [0.4, 0.5) is 5.69 Å². The average Bonchev–Trinajstić information content (AvgIpc) is 2.98. The van der Waals surface area contributed by atoms with Gasteiger partial charge in [-0.1, -0.05) is 30.3 Å². The van der Waals surface area contributed by atoms with Gasteiger partial charge >= 0.3 is 0 Å². The summed E-state index contributed by atoms with van der Waals surface area (Å²) < 4.78 is 5.97. The van der Waals surface area contributed by atoms with E-state index >= 15 is 0 Å². The molecule has 0 saturated carbocycles. The molecule has 1 unspecified atom stereocenters. The second-order valence-corrected chi connectivity index (χ2v) is 6.13. The van der Waals surface area contributed by atoms with Crippen molar-refractivity contribution in [2.45, 2.75) is 18.6 Å². The van der Waals surface area contributed by atoms with E-state index in [0.717, 1.165) is 23.5 Å². The third kappa shape index (κ3) is 4.36. The maximum atomic E-state index is 12.6. The first-order chi connectivity index (χ1) is 12.2. The van der Waals surface area contributed by atoms with Crippen molar-refractivity contribution in [3.05, 3.63) is 60.2 Å². The van der Waals surface area contributed by atoms with Gasteiger partial charge in [-0.2, -0.15) is 5.10 Å². The Hall–Kier alpha value is -2.86. The molecule has 2 aromatic rings. The summed E-state index contributed by atoms with van der Waals surface area (Å²) in [6, 6.07) is 16.9. The van der Waals surface area contributed by atoms with Gasteiger partial charge in [-0.15, -0.1) is 0 Å². The smallest absolute Gasteiger partial charge is 0.241 e. The number of nitrogens with two attached hydrogens (primary N) is 1. The minimum Gasteiger partial charge on any atom is -0.489 e. The largest absolute Gasteiger partial charge is 0.489 e. The van der Waals surface area contributed by atoms with Gasteiger partial charge in [0.2, 0.25) is 5.91 Å². The zero-order valence-electron chi connectivity index (χ0n) is 14.1. The maximum absolute atomic E-state index is 12.6. The van der Waals surface area contributed by atoms with Gasteiger partial charge in [-0.05, 0) is 36.9 Å². The molecule has 2 aromatic carbocycles. The van der Waals surface area contributed by atoms with Crippen LogP contribution in [0.5, 0.6) is 5.75 Å². The van der Waals surface area contributed by atoms with Crippen LogP contribution >= 0.6 is 0 Å². The number of rotatable bonds is 5. The van der Waals surface area contributed by atoms with E-state index < -0.39 is 0 Å². The number of ether oxygens (including phenoxy) is 1. The van der Waals surface area contributed by atoms with Gasteiger partial charge in [-0.3, -0.25) is 9.69 Å². The van der Waals surface area contributed by atoms with Gasteiger partial charge < -0.3 is 15.9 Å². The fourth-order valence-electron chi connectivity index (χ4n) is 3.00. The summed E-state index contributed by atoms with van der Waals surface area (Å²) in [7, 11) is 1.94. The summed E-state index contributed by atoms with van der Waals surface area (Å²) in [6.45, 7) is 0.721. The van der Waals surface area contributed by atoms with Crippen molar-refractivity contribution < 1.29 is 9.53 Å². The molecule has 0 radical (unpaired) electrons. The van der Waals surface area contributed by atoms with E-state index in [9.17, 15) is 4.79 Å². The second-order valence-electron chi connectivity index (χ2n) is 6.13. The van der Waals surface area contributed by atoms with Crippen LogP contribution in [0.2, 0.25) is 0 Å². The van der Waals surface area contributed by atoms with E-state index in [4.69, 9.17) is 10.6 Å². The number of likely N-dealkylation sites (N-methyl/N-ethyl adjacent to an activating group) is 1. The first-order valence-corrected chi connectivity index (χ1v) is 8.22. The Morgan fingerprint density at radius 1 is 1.24 bits per heavy atom. The minimum absolute atomic E-state index is 0.00583. The quantitative estimate of drug-likeness (QED) is 0.497. The molecule has 1 amide bonds. The molecule has 0 bridgehead atoms. The van der Waals surface area contributed by atoms with Crippen LogP contribution in [0, 0.1) is 0 Å². The summed E-state index contributed by atoms with van der Waals surface area (Å²) in [5.41, 5.74) is 1.63. The number of para-hydroxylation sites is 1. The Kier molecular flexibility index (Phi) is 5.30. The highest BCUT2D eigenvalue weighted by molar-refractivity contribution is 5.95. The second kappa shape index (κ2) is 7.81. The fraction of sp³-hybridized carbons (Fsp3) is 0.263. The molecule has 1 aliphatic rings. The highest BCUT2D eigenvalue weighted by Gasteiger charge is 2.35. The Morgan fingerprint density at radius 3 is 2.64 bits per heavy atom. The lowest BCUT2D eigenvalue weighted by Gasteiger charge is -2.18. The normalized spacial score (nSPS) is 20.7. The van der Waals surface area contributed by atoms with Gasteiger partial charge in [-0.25, -0.2) is 0 Å². The van der Waals surface area contributed by atoms with Gasteiger partial charge in [0, 0.05) is 18.7 Å². The number of nitrogens with zero attached hydrogens (tertiary/aromatic N) is 2. The molecule has 130 valence electrons. The average molecular weight is 338 g/mol. The number of hydrogen-bond acceptors (Lipinski definition) is 5. The molecule has 2 atom stereocenters. The highest BCUT2D eigenvalue weighted by Crippen LogP contribution is 2.23. The van der Waals surface area contributed by atoms with E-state index in [2.05, 4.69) is 10.4 Å². The standard InChI is InChI=1S/C19H22N4O2/c1-23-13-17(25-16-5-3-2-4-6-16)11-18(23)19(24)22-15-9-7-14(8-10-15)12-21-20/h2-10,12,17-18H,11,13,20H2,1H3,(H,22,24)/t17?,18-/m0/s1. The van der Waals surface area contributed by atoms with Gasteiger partial charge in [0.15, 0.2) is 0 Å². The predicted octanol–water partition coefficient (Wildman–Crippen LogP) is 2.07. The first-order valence-electron chi connectivity index (χ1n) is 8.22. The third-order valence-corrected chi connectivity index (χ3v) is 4.26. The molecule has 1 aliphatic heterocycles. The number of hydrazone groups is 1. The number of hydrogen-bond donors (Lipinski definition) is 2. The van der Waals surface area contributed by atoms with Crippen molar-refractivity contribution in [3.8, 4) is 5.75 Å². The number of carbonyl (C=O) groups excluding carboxylic acids is 1. The molecule has 3 N–H and O–H groups in total. The Morgan fingerprint density at radius 2 is 1.96 bits per heavy atom. The number of amides is 1. The molecule has 0 aliphatic carbocycles. The number of benzene rings is 2. The van der Waals surface area contributed by atoms with Gasteiger partial charge in [0.1, 0.15) is 11.9 Å². The predicted molar refractivity (Wildman–Crippen MR) is 98.7 cm³/mol.